The predicted molar refractivity (Wildman–Crippen MR) is 106 cm³/mol. The number of halogens is 4. The second kappa shape index (κ2) is 7.73. The molecule has 0 aliphatic heterocycles. The first-order valence-corrected chi connectivity index (χ1v) is 9.56. The van der Waals surface area contributed by atoms with Crippen LogP contribution in [-0.2, 0) is 19.3 Å². The van der Waals surface area contributed by atoms with Crippen LogP contribution < -0.4 is 0 Å². The highest BCUT2D eigenvalue weighted by atomic mass is 35.5. The minimum absolute atomic E-state index is 0.0569. The predicted octanol–water partition coefficient (Wildman–Crippen LogP) is 4.40. The van der Waals surface area contributed by atoms with Crippen LogP contribution in [0.3, 0.4) is 0 Å². The first-order chi connectivity index (χ1) is 14.2. The molecule has 1 N–H and O–H groups in total. The third-order valence-electron chi connectivity index (χ3n) is 4.50. The highest BCUT2D eigenvalue weighted by Gasteiger charge is 2.38. The van der Waals surface area contributed by atoms with E-state index >= 15 is 0 Å². The molecule has 0 saturated carbocycles. The molecule has 4 aromatic rings. The standard InChI is InChI=1S/C18H15ClF3N7S/c1-11-15(19)16(18(20,21)22)26-28(11)10-14-24-25-17(30)29(14)13-7-23-27(9-13)8-12-5-3-2-4-6-12/h2-7,9H,8,10H2,1H3,(H,25,30). The van der Waals surface area contributed by atoms with E-state index in [1.165, 1.54) is 6.92 Å². The molecule has 0 unspecified atom stereocenters. The molecule has 0 aliphatic carbocycles. The Morgan fingerprint density at radius 2 is 1.90 bits per heavy atom. The summed E-state index contributed by atoms with van der Waals surface area (Å²) in [6, 6.07) is 9.79. The normalized spacial score (nSPS) is 11.9. The lowest BCUT2D eigenvalue weighted by atomic mass is 10.2. The van der Waals surface area contributed by atoms with Crippen molar-refractivity contribution in [2.24, 2.45) is 0 Å². The highest BCUT2D eigenvalue weighted by Crippen LogP contribution is 2.35. The minimum atomic E-state index is -4.64. The number of rotatable bonds is 5. The maximum Gasteiger partial charge on any atom is 0.436 e. The summed E-state index contributed by atoms with van der Waals surface area (Å²) >= 11 is 11.1. The molecule has 0 atom stereocenters. The van der Waals surface area contributed by atoms with Crippen molar-refractivity contribution >= 4 is 23.8 Å². The molecule has 0 bridgehead atoms. The van der Waals surface area contributed by atoms with E-state index in [2.05, 4.69) is 20.4 Å². The van der Waals surface area contributed by atoms with Crippen LogP contribution >= 0.6 is 23.8 Å². The number of H-pyrrole nitrogens is 1. The van der Waals surface area contributed by atoms with Crippen molar-refractivity contribution in [1.29, 1.82) is 0 Å². The van der Waals surface area contributed by atoms with Crippen molar-refractivity contribution in [2.75, 3.05) is 0 Å². The van der Waals surface area contributed by atoms with Crippen molar-refractivity contribution < 1.29 is 13.2 Å². The van der Waals surface area contributed by atoms with Gasteiger partial charge in [-0.1, -0.05) is 41.9 Å². The summed E-state index contributed by atoms with van der Waals surface area (Å²) in [6.45, 7) is 1.97. The summed E-state index contributed by atoms with van der Waals surface area (Å²) in [5.41, 5.74) is 0.763. The molecular formula is C18H15ClF3N7S. The molecule has 30 heavy (non-hydrogen) atoms. The summed E-state index contributed by atoms with van der Waals surface area (Å²) in [5.74, 6) is 0.371. The third kappa shape index (κ3) is 3.90. The molecule has 0 radical (unpaired) electrons. The van der Waals surface area contributed by atoms with Crippen LogP contribution in [-0.4, -0.2) is 34.3 Å². The first kappa shape index (κ1) is 20.4. The lowest BCUT2D eigenvalue weighted by Gasteiger charge is -2.06. The van der Waals surface area contributed by atoms with Gasteiger partial charge in [-0.15, -0.1) is 0 Å². The largest absolute Gasteiger partial charge is 0.436 e. The number of hydrogen-bond acceptors (Lipinski definition) is 4. The summed E-state index contributed by atoms with van der Waals surface area (Å²) < 4.78 is 44.1. The maximum absolute atomic E-state index is 13.1. The Morgan fingerprint density at radius 3 is 2.57 bits per heavy atom. The van der Waals surface area contributed by atoms with Gasteiger partial charge in [-0.2, -0.15) is 28.5 Å². The van der Waals surface area contributed by atoms with Gasteiger partial charge in [0, 0.05) is 6.20 Å². The molecule has 12 heteroatoms. The van der Waals surface area contributed by atoms with E-state index in [0.717, 1.165) is 10.2 Å². The van der Waals surface area contributed by atoms with Crippen LogP contribution in [0.2, 0.25) is 5.02 Å². The summed E-state index contributed by atoms with van der Waals surface area (Å²) in [7, 11) is 0. The number of nitrogens with one attached hydrogen (secondary N) is 1. The van der Waals surface area contributed by atoms with Crippen LogP contribution in [0.15, 0.2) is 42.7 Å². The van der Waals surface area contributed by atoms with Gasteiger partial charge in [-0.25, -0.2) is 0 Å². The monoisotopic (exact) mass is 453 g/mol. The van der Waals surface area contributed by atoms with E-state index in [0.29, 0.717) is 18.1 Å². The Hall–Kier alpha value is -2.92. The van der Waals surface area contributed by atoms with Gasteiger partial charge in [0.05, 0.1) is 29.1 Å². The maximum atomic E-state index is 13.1. The fourth-order valence-electron chi connectivity index (χ4n) is 3.02. The molecule has 3 aromatic heterocycles. The number of aromatic amines is 1. The molecule has 7 nitrogen and oxygen atoms in total. The SMILES string of the molecule is Cc1c(Cl)c(C(F)(F)F)nn1Cc1n[nH]c(=S)n1-c1cnn(Cc2ccccc2)c1. The molecule has 0 saturated heterocycles. The minimum Gasteiger partial charge on any atom is -0.267 e. The molecule has 0 aliphatic rings. The molecule has 0 spiro atoms. The lowest BCUT2D eigenvalue weighted by molar-refractivity contribution is -0.141. The fraction of sp³-hybridized carbons (Fsp3) is 0.222. The van der Waals surface area contributed by atoms with Crippen LogP contribution in [0.4, 0.5) is 13.2 Å². The quantitative estimate of drug-likeness (QED) is 0.455. The fourth-order valence-corrected chi connectivity index (χ4v) is 3.52. The Morgan fingerprint density at radius 1 is 1.17 bits per heavy atom. The molecule has 1 aromatic carbocycles. The number of aromatic nitrogens is 7. The van der Waals surface area contributed by atoms with E-state index in [1.54, 1.807) is 21.6 Å². The average Bonchev–Trinajstić information content (AvgIpc) is 3.37. The number of alkyl halides is 3. The van der Waals surface area contributed by atoms with E-state index < -0.39 is 16.9 Å². The molecule has 156 valence electrons. The van der Waals surface area contributed by atoms with Crippen molar-refractivity contribution in [1.82, 2.24) is 34.3 Å². The first-order valence-electron chi connectivity index (χ1n) is 8.77. The van der Waals surface area contributed by atoms with Gasteiger partial charge in [0.15, 0.2) is 16.3 Å². The van der Waals surface area contributed by atoms with E-state index in [-0.39, 0.29) is 17.0 Å². The van der Waals surface area contributed by atoms with Gasteiger partial charge >= 0.3 is 6.18 Å². The van der Waals surface area contributed by atoms with Crippen molar-refractivity contribution in [3.05, 3.63) is 75.3 Å². The summed E-state index contributed by atoms with van der Waals surface area (Å²) in [4.78, 5) is 0. The Balaban J connectivity index is 1.65. The number of nitrogens with zero attached hydrogens (tertiary/aromatic N) is 6. The molecule has 0 fully saturated rings. The second-order valence-corrected chi connectivity index (χ2v) is 7.33. The Labute approximate surface area is 178 Å². The zero-order valence-corrected chi connectivity index (χ0v) is 17.1. The van der Waals surface area contributed by atoms with E-state index in [9.17, 15) is 13.2 Å². The van der Waals surface area contributed by atoms with Gasteiger partial charge in [-0.05, 0) is 24.7 Å². The van der Waals surface area contributed by atoms with E-state index in [1.807, 2.05) is 30.3 Å². The van der Waals surface area contributed by atoms with Crippen molar-refractivity contribution in [3.63, 3.8) is 0 Å². The lowest BCUT2D eigenvalue weighted by Crippen LogP contribution is -2.12. The zero-order valence-electron chi connectivity index (χ0n) is 15.6. The van der Waals surface area contributed by atoms with Gasteiger partial charge in [0.25, 0.3) is 0 Å². The third-order valence-corrected chi connectivity index (χ3v) is 5.23. The van der Waals surface area contributed by atoms with Gasteiger partial charge in [0.2, 0.25) is 0 Å². The Kier molecular flexibility index (Phi) is 5.24. The Bertz CT molecular complexity index is 1240. The zero-order chi connectivity index (χ0) is 21.5. The smallest absolute Gasteiger partial charge is 0.267 e. The summed E-state index contributed by atoms with van der Waals surface area (Å²) in [5, 5.41) is 14.3. The summed E-state index contributed by atoms with van der Waals surface area (Å²) in [6.07, 6.45) is -1.25. The molecule has 3 heterocycles. The van der Waals surface area contributed by atoms with Crippen LogP contribution in [0, 0.1) is 11.7 Å². The highest BCUT2D eigenvalue weighted by molar-refractivity contribution is 7.71. The van der Waals surface area contributed by atoms with Crippen molar-refractivity contribution in [2.45, 2.75) is 26.2 Å². The van der Waals surface area contributed by atoms with Crippen LogP contribution in [0.1, 0.15) is 22.8 Å². The number of benzene rings is 1. The van der Waals surface area contributed by atoms with Gasteiger partial charge in [0.1, 0.15) is 6.54 Å². The van der Waals surface area contributed by atoms with E-state index in [4.69, 9.17) is 23.8 Å². The average molecular weight is 454 g/mol. The molecule has 0 amide bonds. The van der Waals surface area contributed by atoms with Gasteiger partial charge in [-0.3, -0.25) is 19.0 Å². The topological polar surface area (TPSA) is 69.2 Å². The van der Waals surface area contributed by atoms with Gasteiger partial charge < -0.3 is 0 Å². The molecular weight excluding hydrogens is 439 g/mol. The molecule has 4 rings (SSSR count). The van der Waals surface area contributed by atoms with Crippen LogP contribution in [0.25, 0.3) is 5.69 Å². The van der Waals surface area contributed by atoms with Crippen LogP contribution in [0.5, 0.6) is 0 Å². The number of hydrogen-bond donors (Lipinski definition) is 1. The second-order valence-electron chi connectivity index (χ2n) is 6.57. The van der Waals surface area contributed by atoms with Crippen molar-refractivity contribution in [3.8, 4) is 5.69 Å².